The molecule has 0 amide bonds. The van der Waals surface area contributed by atoms with E-state index in [1.165, 1.54) is 18.4 Å². The summed E-state index contributed by atoms with van der Waals surface area (Å²) < 4.78 is 13.2. The molecule has 1 aliphatic heterocycles. The van der Waals surface area contributed by atoms with Gasteiger partial charge >= 0.3 is 0 Å². The molecule has 19 heavy (non-hydrogen) atoms. The van der Waals surface area contributed by atoms with Gasteiger partial charge in [-0.05, 0) is 56.3 Å². The Morgan fingerprint density at radius 3 is 2.84 bits per heavy atom. The fourth-order valence-electron chi connectivity index (χ4n) is 2.73. The summed E-state index contributed by atoms with van der Waals surface area (Å²) in [6, 6.07) is 5.67. The second kappa shape index (κ2) is 7.22. The second-order valence-corrected chi connectivity index (χ2v) is 5.58. The number of benzene rings is 1. The van der Waals surface area contributed by atoms with Gasteiger partial charge in [0.2, 0.25) is 0 Å². The highest BCUT2D eigenvalue weighted by Crippen LogP contribution is 2.21. The number of rotatable bonds is 3. The van der Waals surface area contributed by atoms with Crippen molar-refractivity contribution in [1.82, 2.24) is 4.90 Å². The molecule has 1 aliphatic rings. The van der Waals surface area contributed by atoms with Gasteiger partial charge in [-0.25, -0.2) is 4.39 Å². The van der Waals surface area contributed by atoms with E-state index in [-0.39, 0.29) is 24.3 Å². The first-order valence-corrected chi connectivity index (χ1v) is 6.79. The number of piperidine rings is 1. The molecule has 0 radical (unpaired) electrons. The van der Waals surface area contributed by atoms with E-state index in [2.05, 4.69) is 11.8 Å². The summed E-state index contributed by atoms with van der Waals surface area (Å²) in [7, 11) is 0. The van der Waals surface area contributed by atoms with Crippen LogP contribution in [0.15, 0.2) is 18.2 Å². The highest BCUT2D eigenvalue weighted by molar-refractivity contribution is 5.85. The Bertz CT molecular complexity index is 409. The number of hydrogen-bond donors (Lipinski definition) is 1. The van der Waals surface area contributed by atoms with Crippen LogP contribution >= 0.6 is 12.4 Å². The van der Waals surface area contributed by atoms with E-state index < -0.39 is 0 Å². The van der Waals surface area contributed by atoms with Crippen molar-refractivity contribution in [3.8, 4) is 0 Å². The zero-order valence-corrected chi connectivity index (χ0v) is 12.5. The Labute approximate surface area is 121 Å². The molecule has 108 valence electrons. The Hall–Kier alpha value is -0.640. The predicted molar refractivity (Wildman–Crippen MR) is 80.0 cm³/mol. The molecule has 0 saturated carbocycles. The fraction of sp³-hybridized carbons (Fsp3) is 0.600. The summed E-state index contributed by atoms with van der Waals surface area (Å²) in [5.41, 5.74) is 7.91. The molecule has 2 rings (SSSR count). The first-order valence-electron chi connectivity index (χ1n) is 6.79. The molecule has 1 heterocycles. The number of nitrogens with zero attached hydrogens (tertiary/aromatic N) is 1. The van der Waals surface area contributed by atoms with Crippen LogP contribution < -0.4 is 5.73 Å². The van der Waals surface area contributed by atoms with Crippen LogP contribution in [0.25, 0.3) is 0 Å². The number of nitrogens with two attached hydrogens (primary N) is 1. The average Bonchev–Trinajstić information content (AvgIpc) is 2.34. The topological polar surface area (TPSA) is 29.3 Å². The molecule has 1 saturated heterocycles. The normalized spacial score (nSPS) is 21.8. The first-order chi connectivity index (χ1) is 8.56. The molecule has 0 bridgehead atoms. The number of aryl methyl sites for hydroxylation is 1. The van der Waals surface area contributed by atoms with Crippen molar-refractivity contribution >= 4 is 12.4 Å². The molecule has 2 unspecified atom stereocenters. The van der Waals surface area contributed by atoms with Crippen LogP contribution in [0.4, 0.5) is 4.39 Å². The second-order valence-electron chi connectivity index (χ2n) is 5.58. The van der Waals surface area contributed by atoms with Crippen LogP contribution in [-0.2, 0) is 6.54 Å². The molecule has 2 N–H and O–H groups in total. The maximum Gasteiger partial charge on any atom is 0.126 e. The lowest BCUT2D eigenvalue weighted by Crippen LogP contribution is -2.41. The van der Waals surface area contributed by atoms with E-state index >= 15 is 0 Å². The number of hydrogen-bond acceptors (Lipinski definition) is 2. The Kier molecular flexibility index (Phi) is 6.24. The van der Waals surface area contributed by atoms with Crippen molar-refractivity contribution in [2.45, 2.75) is 39.3 Å². The highest BCUT2D eigenvalue weighted by atomic mass is 35.5. The van der Waals surface area contributed by atoms with Crippen LogP contribution in [0.3, 0.4) is 0 Å². The lowest BCUT2D eigenvalue weighted by Gasteiger charge is -2.34. The lowest BCUT2D eigenvalue weighted by molar-refractivity contribution is 0.154. The van der Waals surface area contributed by atoms with Crippen molar-refractivity contribution in [3.05, 3.63) is 35.1 Å². The molecule has 2 nitrogen and oxygen atoms in total. The smallest absolute Gasteiger partial charge is 0.126 e. The van der Waals surface area contributed by atoms with Crippen LogP contribution in [0, 0.1) is 18.7 Å². The largest absolute Gasteiger partial charge is 0.328 e. The van der Waals surface area contributed by atoms with Crippen molar-refractivity contribution in [1.29, 1.82) is 0 Å². The van der Waals surface area contributed by atoms with Gasteiger partial charge < -0.3 is 5.73 Å². The minimum atomic E-state index is -0.120. The van der Waals surface area contributed by atoms with Gasteiger partial charge in [-0.1, -0.05) is 12.1 Å². The van der Waals surface area contributed by atoms with Crippen molar-refractivity contribution in [2.75, 3.05) is 13.1 Å². The lowest BCUT2D eigenvalue weighted by atomic mass is 9.92. The van der Waals surface area contributed by atoms with Crippen molar-refractivity contribution in [2.24, 2.45) is 11.7 Å². The van der Waals surface area contributed by atoms with Gasteiger partial charge in [0.1, 0.15) is 5.82 Å². The molecule has 1 fully saturated rings. The van der Waals surface area contributed by atoms with Crippen LogP contribution in [0.5, 0.6) is 0 Å². The van der Waals surface area contributed by atoms with Gasteiger partial charge in [0.25, 0.3) is 0 Å². The summed E-state index contributed by atoms with van der Waals surface area (Å²) in [5.74, 6) is 0.478. The third kappa shape index (κ3) is 4.44. The molecular weight excluding hydrogens is 263 g/mol. The number of halogens is 2. The molecule has 0 aliphatic carbocycles. The summed E-state index contributed by atoms with van der Waals surface area (Å²) in [6.07, 6.45) is 2.45. The average molecular weight is 287 g/mol. The standard InChI is InChI=1S/C15H23FN2.ClH/c1-11-8-13(5-6-15(11)16)9-18-7-3-4-14(10-18)12(2)17;/h5-6,8,12,14H,3-4,7,9-10,17H2,1-2H3;1H. The van der Waals surface area contributed by atoms with Gasteiger partial charge in [-0.15, -0.1) is 12.4 Å². The summed E-state index contributed by atoms with van der Waals surface area (Å²) in [5, 5.41) is 0. The molecule has 1 aromatic carbocycles. The van der Waals surface area contributed by atoms with Gasteiger partial charge in [0, 0.05) is 19.1 Å². The predicted octanol–water partition coefficient (Wildman–Crippen LogP) is 3.12. The van der Waals surface area contributed by atoms with Gasteiger partial charge in [0.05, 0.1) is 0 Å². The molecule has 2 atom stereocenters. The van der Waals surface area contributed by atoms with E-state index in [4.69, 9.17) is 5.73 Å². The van der Waals surface area contributed by atoms with Crippen LogP contribution in [0.2, 0.25) is 0 Å². The first kappa shape index (κ1) is 16.4. The summed E-state index contributed by atoms with van der Waals surface area (Å²) >= 11 is 0. The molecule has 4 heteroatoms. The van der Waals surface area contributed by atoms with Crippen molar-refractivity contribution < 1.29 is 4.39 Å². The van der Waals surface area contributed by atoms with Gasteiger partial charge in [0.15, 0.2) is 0 Å². The minimum absolute atomic E-state index is 0. The van der Waals surface area contributed by atoms with Gasteiger partial charge in [-0.3, -0.25) is 4.90 Å². The maximum absolute atomic E-state index is 13.2. The molecular formula is C15H24ClFN2. The van der Waals surface area contributed by atoms with E-state index in [0.29, 0.717) is 5.92 Å². The molecule has 0 aromatic heterocycles. The Balaban J connectivity index is 0.00000180. The van der Waals surface area contributed by atoms with E-state index in [1.54, 1.807) is 6.07 Å². The minimum Gasteiger partial charge on any atom is -0.328 e. The van der Waals surface area contributed by atoms with Crippen LogP contribution in [0.1, 0.15) is 30.9 Å². The van der Waals surface area contributed by atoms with Crippen molar-refractivity contribution in [3.63, 3.8) is 0 Å². The Morgan fingerprint density at radius 1 is 1.47 bits per heavy atom. The summed E-state index contributed by atoms with van der Waals surface area (Å²) in [6.45, 7) is 7.01. The third-order valence-corrected chi connectivity index (χ3v) is 3.91. The zero-order chi connectivity index (χ0) is 13.1. The molecule has 1 aromatic rings. The van der Waals surface area contributed by atoms with Gasteiger partial charge in [-0.2, -0.15) is 0 Å². The van der Waals surface area contributed by atoms with E-state index in [0.717, 1.165) is 25.2 Å². The SMILES string of the molecule is Cc1cc(CN2CCCC(C(C)N)C2)ccc1F.Cl. The third-order valence-electron chi connectivity index (χ3n) is 3.91. The molecule has 0 spiro atoms. The fourth-order valence-corrected chi connectivity index (χ4v) is 2.73. The van der Waals surface area contributed by atoms with Crippen LogP contribution in [-0.4, -0.2) is 24.0 Å². The Morgan fingerprint density at radius 2 is 2.21 bits per heavy atom. The van der Waals surface area contributed by atoms with E-state index in [9.17, 15) is 4.39 Å². The van der Waals surface area contributed by atoms with E-state index in [1.807, 2.05) is 19.1 Å². The number of likely N-dealkylation sites (tertiary alicyclic amines) is 1. The maximum atomic E-state index is 13.2. The zero-order valence-electron chi connectivity index (χ0n) is 11.7. The summed E-state index contributed by atoms with van der Waals surface area (Å²) in [4.78, 5) is 2.43. The monoisotopic (exact) mass is 286 g/mol. The highest BCUT2D eigenvalue weighted by Gasteiger charge is 2.22. The quantitative estimate of drug-likeness (QED) is 0.925.